The molecule has 112 valence electrons. The highest BCUT2D eigenvalue weighted by Gasteiger charge is 2.28. The van der Waals surface area contributed by atoms with E-state index in [0.29, 0.717) is 28.5 Å². The van der Waals surface area contributed by atoms with Gasteiger partial charge in [-0.15, -0.1) is 11.3 Å². The van der Waals surface area contributed by atoms with Gasteiger partial charge in [0.25, 0.3) is 5.91 Å². The summed E-state index contributed by atoms with van der Waals surface area (Å²) in [7, 11) is 0. The van der Waals surface area contributed by atoms with Crippen molar-refractivity contribution >= 4 is 33.0 Å². The Kier molecular flexibility index (Phi) is 3.85. The van der Waals surface area contributed by atoms with Gasteiger partial charge < -0.3 is 10.6 Å². The maximum atomic E-state index is 13.4. The highest BCUT2D eigenvalue weighted by atomic mass is 32.1. The number of carbonyl (C=O) groups is 1. The second kappa shape index (κ2) is 5.64. The highest BCUT2D eigenvalue weighted by Crippen LogP contribution is 2.36. The summed E-state index contributed by atoms with van der Waals surface area (Å²) in [6, 6.07) is 4.82. The summed E-state index contributed by atoms with van der Waals surface area (Å²) in [5.74, 6) is -0.336. The summed E-state index contributed by atoms with van der Waals surface area (Å²) in [6.45, 7) is 2.69. The Morgan fingerprint density at radius 3 is 2.81 bits per heavy atom. The van der Waals surface area contributed by atoms with Crippen molar-refractivity contribution in [3.8, 4) is 0 Å². The number of hydrogen-bond acceptors (Lipinski definition) is 3. The predicted octanol–water partition coefficient (Wildman–Crippen LogP) is 4.03. The van der Waals surface area contributed by atoms with E-state index in [1.165, 1.54) is 36.3 Å². The lowest BCUT2D eigenvalue weighted by Crippen LogP contribution is -2.38. The molecule has 21 heavy (non-hydrogen) atoms. The molecule has 1 fully saturated rings. The van der Waals surface area contributed by atoms with Gasteiger partial charge in [0.1, 0.15) is 10.7 Å². The lowest BCUT2D eigenvalue weighted by molar-refractivity contribution is 0.0699. The molecule has 0 radical (unpaired) electrons. The Morgan fingerprint density at radius 2 is 2.14 bits per heavy atom. The van der Waals surface area contributed by atoms with E-state index in [-0.39, 0.29) is 11.7 Å². The second-order valence-electron chi connectivity index (χ2n) is 5.51. The van der Waals surface area contributed by atoms with Crippen LogP contribution in [0.2, 0.25) is 0 Å². The van der Waals surface area contributed by atoms with Crippen molar-refractivity contribution in [2.24, 2.45) is 0 Å². The van der Waals surface area contributed by atoms with Crippen LogP contribution >= 0.6 is 11.3 Å². The van der Waals surface area contributed by atoms with E-state index in [1.807, 2.05) is 11.8 Å². The number of thiophene rings is 1. The fraction of sp³-hybridized carbons (Fsp3) is 0.438. The molecule has 0 bridgehead atoms. The van der Waals surface area contributed by atoms with Crippen LogP contribution in [0.15, 0.2) is 18.2 Å². The molecule has 1 heterocycles. The molecule has 1 saturated carbocycles. The van der Waals surface area contributed by atoms with Crippen molar-refractivity contribution in [1.29, 1.82) is 0 Å². The van der Waals surface area contributed by atoms with E-state index in [2.05, 4.69) is 0 Å². The Labute approximate surface area is 127 Å². The quantitative estimate of drug-likeness (QED) is 0.930. The number of nitrogen functional groups attached to an aromatic ring is 1. The molecule has 5 heteroatoms. The summed E-state index contributed by atoms with van der Waals surface area (Å²) in [6.07, 6.45) is 4.50. The number of nitrogens with zero attached hydrogens (tertiary/aromatic N) is 1. The minimum absolute atomic E-state index is 0.0106. The van der Waals surface area contributed by atoms with E-state index >= 15 is 0 Å². The SMILES string of the molecule is CCN(C(=O)c1sc2ccc(F)cc2c1N)C1CCCC1. The number of halogens is 1. The molecule has 2 aromatic rings. The van der Waals surface area contributed by atoms with Crippen molar-refractivity contribution in [3.05, 3.63) is 28.9 Å². The van der Waals surface area contributed by atoms with Crippen LogP contribution in [0.1, 0.15) is 42.3 Å². The average Bonchev–Trinajstić information content (AvgIpc) is 3.09. The molecule has 1 aromatic carbocycles. The first-order chi connectivity index (χ1) is 10.1. The third-order valence-corrected chi connectivity index (χ3v) is 5.42. The van der Waals surface area contributed by atoms with Crippen LogP contribution in [0.25, 0.3) is 10.1 Å². The molecular formula is C16H19FN2OS. The van der Waals surface area contributed by atoms with Crippen molar-refractivity contribution in [2.75, 3.05) is 12.3 Å². The van der Waals surface area contributed by atoms with Gasteiger partial charge in [-0.2, -0.15) is 0 Å². The van der Waals surface area contributed by atoms with Crippen LogP contribution < -0.4 is 5.73 Å². The fourth-order valence-corrected chi connectivity index (χ4v) is 4.22. The molecule has 0 atom stereocenters. The van der Waals surface area contributed by atoms with Gasteiger partial charge in [0.05, 0.1) is 5.69 Å². The van der Waals surface area contributed by atoms with Gasteiger partial charge >= 0.3 is 0 Å². The first-order valence-corrected chi connectivity index (χ1v) is 8.22. The van der Waals surface area contributed by atoms with Crippen LogP contribution in [-0.2, 0) is 0 Å². The number of rotatable bonds is 3. The number of amides is 1. The number of hydrogen-bond donors (Lipinski definition) is 1. The van der Waals surface area contributed by atoms with Gasteiger partial charge in [0, 0.05) is 22.7 Å². The Morgan fingerprint density at radius 1 is 1.43 bits per heavy atom. The van der Waals surface area contributed by atoms with Gasteiger partial charge in [-0.25, -0.2) is 4.39 Å². The zero-order valence-electron chi connectivity index (χ0n) is 12.1. The Hall–Kier alpha value is -1.62. The lowest BCUT2D eigenvalue weighted by atomic mass is 10.1. The summed E-state index contributed by atoms with van der Waals surface area (Å²) in [5.41, 5.74) is 6.51. The normalized spacial score (nSPS) is 15.7. The van der Waals surface area contributed by atoms with E-state index in [4.69, 9.17) is 5.73 Å². The largest absolute Gasteiger partial charge is 0.397 e. The van der Waals surface area contributed by atoms with Crippen molar-refractivity contribution in [3.63, 3.8) is 0 Å². The third kappa shape index (κ3) is 2.50. The molecule has 1 aliphatic carbocycles. The van der Waals surface area contributed by atoms with Crippen LogP contribution in [0, 0.1) is 5.82 Å². The molecule has 0 aliphatic heterocycles. The summed E-state index contributed by atoms with van der Waals surface area (Å²) in [5, 5.41) is 0.644. The van der Waals surface area contributed by atoms with Gasteiger partial charge in [-0.1, -0.05) is 12.8 Å². The second-order valence-corrected chi connectivity index (χ2v) is 6.57. The van der Waals surface area contributed by atoms with Crippen molar-refractivity contribution in [1.82, 2.24) is 4.90 Å². The molecule has 1 aliphatic rings. The number of anilines is 1. The zero-order valence-corrected chi connectivity index (χ0v) is 12.9. The molecule has 2 N–H and O–H groups in total. The molecule has 0 spiro atoms. The molecule has 1 aromatic heterocycles. The number of fused-ring (bicyclic) bond motifs is 1. The third-order valence-electron chi connectivity index (χ3n) is 4.25. The van der Waals surface area contributed by atoms with Crippen molar-refractivity contribution < 1.29 is 9.18 Å². The molecule has 0 saturated heterocycles. The minimum atomic E-state index is -0.325. The van der Waals surface area contributed by atoms with E-state index in [0.717, 1.165) is 17.5 Å². The summed E-state index contributed by atoms with van der Waals surface area (Å²) < 4.78 is 14.2. The minimum Gasteiger partial charge on any atom is -0.397 e. The molecule has 3 rings (SSSR count). The van der Waals surface area contributed by atoms with E-state index in [1.54, 1.807) is 6.07 Å². The monoisotopic (exact) mass is 306 g/mol. The van der Waals surface area contributed by atoms with E-state index < -0.39 is 0 Å². The summed E-state index contributed by atoms with van der Waals surface area (Å²) >= 11 is 1.36. The van der Waals surface area contributed by atoms with Crippen LogP contribution in [-0.4, -0.2) is 23.4 Å². The number of benzene rings is 1. The average molecular weight is 306 g/mol. The first-order valence-electron chi connectivity index (χ1n) is 7.40. The lowest BCUT2D eigenvalue weighted by Gasteiger charge is -2.27. The van der Waals surface area contributed by atoms with Crippen LogP contribution in [0.4, 0.5) is 10.1 Å². The van der Waals surface area contributed by atoms with Gasteiger partial charge in [-0.3, -0.25) is 4.79 Å². The van der Waals surface area contributed by atoms with Crippen LogP contribution in [0.3, 0.4) is 0 Å². The zero-order chi connectivity index (χ0) is 15.0. The van der Waals surface area contributed by atoms with Gasteiger partial charge in [0.15, 0.2) is 0 Å². The first kappa shape index (κ1) is 14.3. The molecule has 3 nitrogen and oxygen atoms in total. The molecular weight excluding hydrogens is 287 g/mol. The maximum Gasteiger partial charge on any atom is 0.266 e. The topological polar surface area (TPSA) is 46.3 Å². The number of carbonyl (C=O) groups excluding carboxylic acids is 1. The highest BCUT2D eigenvalue weighted by molar-refractivity contribution is 7.21. The summed E-state index contributed by atoms with van der Waals surface area (Å²) in [4.78, 5) is 15.3. The Bertz CT molecular complexity index is 676. The maximum absolute atomic E-state index is 13.4. The smallest absolute Gasteiger partial charge is 0.266 e. The van der Waals surface area contributed by atoms with E-state index in [9.17, 15) is 9.18 Å². The Balaban J connectivity index is 1.98. The van der Waals surface area contributed by atoms with Crippen molar-refractivity contribution in [2.45, 2.75) is 38.6 Å². The predicted molar refractivity (Wildman–Crippen MR) is 85.2 cm³/mol. The standard InChI is InChI=1S/C16H19FN2OS/c1-2-19(11-5-3-4-6-11)16(20)15-14(18)12-9-10(17)7-8-13(12)21-15/h7-9,11H,2-6,18H2,1H3. The molecule has 1 amide bonds. The van der Waals surface area contributed by atoms with Crippen LogP contribution in [0.5, 0.6) is 0 Å². The molecule has 0 unspecified atom stereocenters. The fourth-order valence-electron chi connectivity index (χ4n) is 3.16. The van der Waals surface area contributed by atoms with Gasteiger partial charge in [-0.05, 0) is 38.0 Å². The van der Waals surface area contributed by atoms with Gasteiger partial charge in [0.2, 0.25) is 0 Å². The number of nitrogens with two attached hydrogens (primary N) is 1.